The lowest BCUT2D eigenvalue weighted by Gasteiger charge is -2.00. The third-order valence-corrected chi connectivity index (χ3v) is 1.95. The van der Waals surface area contributed by atoms with Crippen molar-refractivity contribution in [2.24, 2.45) is 0 Å². The summed E-state index contributed by atoms with van der Waals surface area (Å²) < 4.78 is 13.7. The summed E-state index contributed by atoms with van der Waals surface area (Å²) in [4.78, 5) is 0. The molecule has 0 aliphatic heterocycles. The van der Waals surface area contributed by atoms with Crippen LogP contribution in [-0.2, 0) is 6.67 Å². The predicted octanol–water partition coefficient (Wildman–Crippen LogP) is 1.61. The number of halogens is 1. The number of nitriles is 1. The Morgan fingerprint density at radius 3 is 2.87 bits per heavy atom. The highest BCUT2D eigenvalue weighted by Gasteiger charge is 2.06. The number of hydrogen-bond acceptors (Lipinski definition) is 3. The summed E-state index contributed by atoms with van der Waals surface area (Å²) in [5.41, 5.74) is 1.34. The van der Waals surface area contributed by atoms with Gasteiger partial charge in [-0.1, -0.05) is 17.3 Å². The van der Waals surface area contributed by atoms with Crippen molar-refractivity contribution in [3.63, 3.8) is 0 Å². The minimum Gasteiger partial charge on any atom is -0.244 e. The molecule has 1 heterocycles. The summed E-state index contributed by atoms with van der Waals surface area (Å²) in [7, 11) is 0. The number of nitrogens with zero attached hydrogens (tertiary/aromatic N) is 4. The van der Waals surface area contributed by atoms with E-state index in [4.69, 9.17) is 5.26 Å². The van der Waals surface area contributed by atoms with Crippen molar-refractivity contribution >= 4 is 0 Å². The van der Waals surface area contributed by atoms with Crippen LogP contribution in [0.1, 0.15) is 11.3 Å². The van der Waals surface area contributed by atoms with Gasteiger partial charge in [0.2, 0.25) is 0 Å². The Hall–Kier alpha value is -2.22. The first-order valence-electron chi connectivity index (χ1n) is 4.32. The van der Waals surface area contributed by atoms with Crippen LogP contribution in [0.5, 0.6) is 0 Å². The second kappa shape index (κ2) is 3.88. The van der Waals surface area contributed by atoms with Gasteiger partial charge in [0, 0.05) is 0 Å². The summed E-state index contributed by atoms with van der Waals surface area (Å²) in [6.45, 7) is -0.658. The molecule has 1 aromatic heterocycles. The summed E-state index contributed by atoms with van der Waals surface area (Å²) >= 11 is 0. The first-order chi connectivity index (χ1) is 7.35. The fourth-order valence-corrected chi connectivity index (χ4v) is 1.25. The highest BCUT2D eigenvalue weighted by atomic mass is 19.1. The Kier molecular flexibility index (Phi) is 2.42. The standard InChI is InChI=1S/C10H7FN4/c11-5-9-7-15(14-13-9)10-4-2-1-3-8(10)6-12/h1-4,7H,5H2. The van der Waals surface area contributed by atoms with E-state index in [-0.39, 0.29) is 5.69 Å². The quantitative estimate of drug-likeness (QED) is 0.743. The monoisotopic (exact) mass is 202 g/mol. The Bertz CT molecular complexity index is 512. The third kappa shape index (κ3) is 1.70. The maximum absolute atomic E-state index is 12.3. The average molecular weight is 202 g/mol. The van der Waals surface area contributed by atoms with E-state index >= 15 is 0 Å². The largest absolute Gasteiger partial charge is 0.244 e. The molecule has 0 fully saturated rings. The normalized spacial score (nSPS) is 9.87. The summed E-state index contributed by atoms with van der Waals surface area (Å²) in [6, 6.07) is 8.99. The molecule has 0 radical (unpaired) electrons. The lowest BCUT2D eigenvalue weighted by atomic mass is 10.2. The molecule has 2 aromatic rings. The number of hydrogen-bond donors (Lipinski definition) is 0. The fourth-order valence-electron chi connectivity index (χ4n) is 1.25. The van der Waals surface area contributed by atoms with Crippen LogP contribution in [0.15, 0.2) is 30.5 Å². The molecule has 0 unspecified atom stereocenters. The van der Waals surface area contributed by atoms with Crippen LogP contribution in [0.3, 0.4) is 0 Å². The third-order valence-electron chi connectivity index (χ3n) is 1.95. The molecule has 15 heavy (non-hydrogen) atoms. The van der Waals surface area contributed by atoms with E-state index in [1.807, 2.05) is 6.07 Å². The molecule has 74 valence electrons. The molecule has 0 bridgehead atoms. The molecule has 1 aromatic carbocycles. The van der Waals surface area contributed by atoms with E-state index < -0.39 is 6.67 Å². The number of benzene rings is 1. The Morgan fingerprint density at radius 2 is 2.20 bits per heavy atom. The Morgan fingerprint density at radius 1 is 1.40 bits per heavy atom. The predicted molar refractivity (Wildman–Crippen MR) is 50.9 cm³/mol. The average Bonchev–Trinajstić information content (AvgIpc) is 2.77. The van der Waals surface area contributed by atoms with Crippen molar-refractivity contribution in [2.75, 3.05) is 0 Å². The van der Waals surface area contributed by atoms with Crippen molar-refractivity contribution in [3.05, 3.63) is 41.7 Å². The molecule has 0 N–H and O–H groups in total. The van der Waals surface area contributed by atoms with Gasteiger partial charge in [-0.15, -0.1) is 5.10 Å². The van der Waals surface area contributed by atoms with E-state index in [0.717, 1.165) is 0 Å². The van der Waals surface area contributed by atoms with Gasteiger partial charge >= 0.3 is 0 Å². The van der Waals surface area contributed by atoms with Gasteiger partial charge in [0.15, 0.2) is 0 Å². The minimum absolute atomic E-state index is 0.253. The highest BCUT2D eigenvalue weighted by molar-refractivity contribution is 5.47. The van der Waals surface area contributed by atoms with Crippen molar-refractivity contribution in [2.45, 2.75) is 6.67 Å². The molecule has 2 rings (SSSR count). The maximum Gasteiger partial charge on any atom is 0.135 e. The Balaban J connectivity index is 2.49. The van der Waals surface area contributed by atoms with E-state index in [9.17, 15) is 4.39 Å². The first kappa shape index (κ1) is 9.34. The van der Waals surface area contributed by atoms with Crippen LogP contribution in [0.4, 0.5) is 4.39 Å². The van der Waals surface area contributed by atoms with Crippen LogP contribution < -0.4 is 0 Å². The highest BCUT2D eigenvalue weighted by Crippen LogP contribution is 2.12. The molecule has 0 atom stereocenters. The summed E-state index contributed by atoms with van der Waals surface area (Å²) in [5.74, 6) is 0. The smallest absolute Gasteiger partial charge is 0.135 e. The fraction of sp³-hybridized carbons (Fsp3) is 0.100. The summed E-state index contributed by atoms with van der Waals surface area (Å²) in [6.07, 6.45) is 1.47. The van der Waals surface area contributed by atoms with Crippen LogP contribution in [0, 0.1) is 11.3 Å². The molecule has 0 aliphatic carbocycles. The van der Waals surface area contributed by atoms with E-state index in [0.29, 0.717) is 11.3 Å². The van der Waals surface area contributed by atoms with Gasteiger partial charge in [0.1, 0.15) is 18.4 Å². The molecule has 0 saturated carbocycles. The Labute approximate surface area is 85.6 Å². The van der Waals surface area contributed by atoms with Crippen molar-refractivity contribution in [1.29, 1.82) is 5.26 Å². The zero-order valence-corrected chi connectivity index (χ0v) is 7.76. The molecule has 0 aliphatic rings. The molecule has 0 amide bonds. The minimum atomic E-state index is -0.658. The van der Waals surface area contributed by atoms with Gasteiger partial charge < -0.3 is 0 Å². The SMILES string of the molecule is N#Cc1ccccc1-n1cc(CF)nn1. The van der Waals surface area contributed by atoms with Crippen molar-refractivity contribution < 1.29 is 4.39 Å². The number of alkyl halides is 1. The molecule has 4 nitrogen and oxygen atoms in total. The van der Waals surface area contributed by atoms with E-state index in [1.165, 1.54) is 10.9 Å². The van der Waals surface area contributed by atoms with Crippen LogP contribution in [0.25, 0.3) is 5.69 Å². The van der Waals surface area contributed by atoms with Crippen molar-refractivity contribution in [3.8, 4) is 11.8 Å². The second-order valence-electron chi connectivity index (χ2n) is 2.92. The van der Waals surface area contributed by atoms with E-state index in [2.05, 4.69) is 10.3 Å². The second-order valence-corrected chi connectivity index (χ2v) is 2.92. The van der Waals surface area contributed by atoms with Crippen LogP contribution >= 0.6 is 0 Å². The maximum atomic E-state index is 12.3. The lowest BCUT2D eigenvalue weighted by Crippen LogP contribution is -1.97. The summed E-state index contributed by atoms with van der Waals surface area (Å²) in [5, 5.41) is 16.2. The zero-order valence-electron chi connectivity index (χ0n) is 7.76. The van der Waals surface area contributed by atoms with Crippen LogP contribution in [0.2, 0.25) is 0 Å². The van der Waals surface area contributed by atoms with Gasteiger partial charge in [0.05, 0.1) is 17.4 Å². The van der Waals surface area contributed by atoms with E-state index in [1.54, 1.807) is 24.3 Å². The zero-order chi connectivity index (χ0) is 10.7. The molecular formula is C10H7FN4. The molecule has 0 spiro atoms. The first-order valence-corrected chi connectivity index (χ1v) is 4.32. The molecule has 0 saturated heterocycles. The van der Waals surface area contributed by atoms with Gasteiger partial charge in [0.25, 0.3) is 0 Å². The number of aromatic nitrogens is 3. The topological polar surface area (TPSA) is 54.5 Å². The van der Waals surface area contributed by atoms with Gasteiger partial charge in [-0.05, 0) is 12.1 Å². The van der Waals surface area contributed by atoms with Crippen molar-refractivity contribution in [1.82, 2.24) is 15.0 Å². The number of rotatable bonds is 2. The number of para-hydroxylation sites is 1. The van der Waals surface area contributed by atoms with Gasteiger partial charge in [-0.2, -0.15) is 5.26 Å². The van der Waals surface area contributed by atoms with Gasteiger partial charge in [-0.25, -0.2) is 9.07 Å². The van der Waals surface area contributed by atoms with Gasteiger partial charge in [-0.3, -0.25) is 0 Å². The molecule has 5 heteroatoms. The van der Waals surface area contributed by atoms with Crippen LogP contribution in [-0.4, -0.2) is 15.0 Å². The lowest BCUT2D eigenvalue weighted by molar-refractivity contribution is 0.475. The molecular weight excluding hydrogens is 195 g/mol.